The molecule has 0 spiro atoms. The van der Waals surface area contributed by atoms with Crippen LogP contribution in [0.2, 0.25) is 0 Å². The summed E-state index contributed by atoms with van der Waals surface area (Å²) in [7, 11) is -2.13. The van der Waals surface area contributed by atoms with E-state index in [9.17, 15) is 4.57 Å². The summed E-state index contributed by atoms with van der Waals surface area (Å²) >= 11 is 0. The molecule has 0 amide bonds. The normalized spacial score (nSPS) is 15.5. The highest BCUT2D eigenvalue weighted by atomic mass is 31.1. The van der Waals surface area contributed by atoms with Crippen LogP contribution >= 0.6 is 8.25 Å². The third kappa shape index (κ3) is 7.42. The van der Waals surface area contributed by atoms with Crippen LogP contribution in [0.5, 0.6) is 0 Å². The Balaban J connectivity index is 3.74. The van der Waals surface area contributed by atoms with E-state index in [0.717, 1.165) is 6.42 Å². The summed E-state index contributed by atoms with van der Waals surface area (Å²) in [5.74, 6) is 0.506. The van der Waals surface area contributed by atoms with Crippen molar-refractivity contribution in [2.75, 3.05) is 6.61 Å². The minimum Gasteiger partial charge on any atom is -0.411 e. The fourth-order valence-corrected chi connectivity index (χ4v) is 1.41. The lowest BCUT2D eigenvalue weighted by Crippen LogP contribution is -2.14. The Hall–Kier alpha value is -0.510. The van der Waals surface area contributed by atoms with Gasteiger partial charge in [0.15, 0.2) is 6.10 Å². The second-order valence-corrected chi connectivity index (χ2v) is 4.64. The largest absolute Gasteiger partial charge is 0.698 e. The molecule has 0 saturated heterocycles. The van der Waals surface area contributed by atoms with Gasteiger partial charge in [-0.25, -0.2) is 0 Å². The first kappa shape index (κ1) is 14.5. The molecule has 2 unspecified atom stereocenters. The molecule has 1 N–H and O–H groups in total. The molecular formula is C9H19NO4P+. The SMILES string of the molecule is CC(=NO)C(C)O[P+](=O)OCCC(C)C. The predicted octanol–water partition coefficient (Wildman–Crippen LogP) is 2.96. The molecule has 15 heavy (non-hydrogen) atoms. The van der Waals surface area contributed by atoms with Gasteiger partial charge in [0.2, 0.25) is 0 Å². The average molecular weight is 236 g/mol. The van der Waals surface area contributed by atoms with Crippen molar-refractivity contribution < 1.29 is 18.8 Å². The zero-order valence-corrected chi connectivity index (χ0v) is 10.5. The van der Waals surface area contributed by atoms with Gasteiger partial charge in [0, 0.05) is 4.57 Å². The first-order chi connectivity index (χ1) is 6.97. The Morgan fingerprint density at radius 2 is 2.07 bits per heavy atom. The maximum Gasteiger partial charge on any atom is 0.698 e. The molecule has 2 atom stereocenters. The van der Waals surface area contributed by atoms with E-state index in [-0.39, 0.29) is 0 Å². The Morgan fingerprint density at radius 1 is 1.47 bits per heavy atom. The van der Waals surface area contributed by atoms with Gasteiger partial charge in [-0.3, -0.25) is 0 Å². The van der Waals surface area contributed by atoms with Gasteiger partial charge in [0.05, 0.1) is 5.71 Å². The fourth-order valence-electron chi connectivity index (χ4n) is 0.680. The molecule has 0 bridgehead atoms. The van der Waals surface area contributed by atoms with Gasteiger partial charge in [-0.05, 0) is 26.2 Å². The third-order valence-corrected chi connectivity index (χ3v) is 2.76. The molecule has 0 aliphatic heterocycles. The lowest BCUT2D eigenvalue weighted by Gasteiger charge is -2.01. The number of oxime groups is 1. The van der Waals surface area contributed by atoms with Crippen LogP contribution < -0.4 is 0 Å². The third-order valence-electron chi connectivity index (χ3n) is 1.88. The van der Waals surface area contributed by atoms with E-state index >= 15 is 0 Å². The van der Waals surface area contributed by atoms with Crippen molar-refractivity contribution in [2.45, 2.75) is 40.2 Å². The van der Waals surface area contributed by atoms with Crippen molar-refractivity contribution in [2.24, 2.45) is 11.1 Å². The standard InChI is InChI=1S/C9H18NO4P/c1-7(2)5-6-13-15(12)14-9(4)8(3)10-11/h7,9H,5-6H2,1-4H3/p+1. The van der Waals surface area contributed by atoms with Gasteiger partial charge < -0.3 is 5.21 Å². The average Bonchev–Trinajstić information content (AvgIpc) is 2.15. The molecule has 6 heteroatoms. The smallest absolute Gasteiger partial charge is 0.411 e. The topological polar surface area (TPSA) is 68.1 Å². The predicted molar refractivity (Wildman–Crippen MR) is 58.5 cm³/mol. The van der Waals surface area contributed by atoms with Crippen LogP contribution in [0, 0.1) is 5.92 Å². The summed E-state index contributed by atoms with van der Waals surface area (Å²) in [6, 6.07) is 0. The Morgan fingerprint density at radius 3 is 2.53 bits per heavy atom. The highest BCUT2D eigenvalue weighted by Crippen LogP contribution is 2.26. The van der Waals surface area contributed by atoms with E-state index < -0.39 is 14.4 Å². The van der Waals surface area contributed by atoms with E-state index in [4.69, 9.17) is 14.3 Å². The molecule has 0 aliphatic carbocycles. The second kappa shape index (κ2) is 7.74. The van der Waals surface area contributed by atoms with Crippen molar-refractivity contribution >= 4 is 14.0 Å². The summed E-state index contributed by atoms with van der Waals surface area (Å²) in [5, 5.41) is 11.4. The van der Waals surface area contributed by atoms with E-state index in [1.807, 2.05) is 0 Å². The lowest BCUT2D eigenvalue weighted by atomic mass is 10.2. The monoisotopic (exact) mass is 236 g/mol. The zero-order chi connectivity index (χ0) is 11.8. The first-order valence-electron chi connectivity index (χ1n) is 4.92. The highest BCUT2D eigenvalue weighted by molar-refractivity contribution is 7.33. The highest BCUT2D eigenvalue weighted by Gasteiger charge is 2.26. The molecule has 0 aliphatic rings. The molecule has 0 fully saturated rings. The summed E-state index contributed by atoms with van der Waals surface area (Å²) in [4.78, 5) is 0. The summed E-state index contributed by atoms with van der Waals surface area (Å²) < 4.78 is 21.2. The van der Waals surface area contributed by atoms with Crippen molar-refractivity contribution in [3.05, 3.63) is 0 Å². The van der Waals surface area contributed by atoms with Crippen LogP contribution in [0.3, 0.4) is 0 Å². The second-order valence-electron chi connectivity index (χ2n) is 3.73. The summed E-state index contributed by atoms with van der Waals surface area (Å²) in [6.07, 6.45) is 0.337. The van der Waals surface area contributed by atoms with Crippen LogP contribution in [0.25, 0.3) is 0 Å². The van der Waals surface area contributed by atoms with E-state index in [0.29, 0.717) is 18.2 Å². The van der Waals surface area contributed by atoms with Gasteiger partial charge >= 0.3 is 8.25 Å². The van der Waals surface area contributed by atoms with E-state index in [2.05, 4.69) is 19.0 Å². The molecule has 0 aromatic heterocycles. The molecule has 0 saturated carbocycles. The minimum absolute atomic E-state index is 0.366. The Labute approximate surface area is 91.4 Å². The molecule has 0 heterocycles. The molecule has 0 aromatic rings. The molecular weight excluding hydrogens is 217 g/mol. The number of nitrogens with zero attached hydrogens (tertiary/aromatic N) is 1. The van der Waals surface area contributed by atoms with Crippen molar-refractivity contribution in [3.8, 4) is 0 Å². The summed E-state index contributed by atoms with van der Waals surface area (Å²) in [5.41, 5.74) is 0.366. The number of rotatable bonds is 7. The van der Waals surface area contributed by atoms with Gasteiger partial charge in [-0.2, -0.15) is 0 Å². The number of hydrogen-bond donors (Lipinski definition) is 1. The van der Waals surface area contributed by atoms with E-state index in [1.165, 1.54) is 0 Å². The quantitative estimate of drug-likeness (QED) is 0.319. The molecule has 0 radical (unpaired) electrons. The maximum absolute atomic E-state index is 11.2. The molecule has 5 nitrogen and oxygen atoms in total. The van der Waals surface area contributed by atoms with Crippen LogP contribution in [-0.2, 0) is 13.6 Å². The number of hydrogen-bond acceptors (Lipinski definition) is 5. The zero-order valence-electron chi connectivity index (χ0n) is 9.64. The Bertz CT molecular complexity index is 230. The lowest BCUT2D eigenvalue weighted by molar-refractivity contribution is 0.200. The van der Waals surface area contributed by atoms with Gasteiger partial charge in [-0.15, -0.1) is 9.05 Å². The Kier molecular flexibility index (Phi) is 7.48. The summed E-state index contributed by atoms with van der Waals surface area (Å²) in [6.45, 7) is 7.76. The van der Waals surface area contributed by atoms with Gasteiger partial charge in [-0.1, -0.05) is 19.0 Å². The van der Waals surface area contributed by atoms with Crippen molar-refractivity contribution in [3.63, 3.8) is 0 Å². The van der Waals surface area contributed by atoms with Crippen LogP contribution in [0.1, 0.15) is 34.1 Å². The van der Waals surface area contributed by atoms with Crippen LogP contribution in [-0.4, -0.2) is 23.6 Å². The van der Waals surface area contributed by atoms with Gasteiger partial charge in [0.1, 0.15) is 6.61 Å². The van der Waals surface area contributed by atoms with E-state index in [1.54, 1.807) is 13.8 Å². The first-order valence-corrected chi connectivity index (χ1v) is 6.02. The fraction of sp³-hybridized carbons (Fsp3) is 0.889. The van der Waals surface area contributed by atoms with Crippen LogP contribution in [0.15, 0.2) is 5.16 Å². The maximum atomic E-state index is 11.2. The van der Waals surface area contributed by atoms with Crippen LogP contribution in [0.4, 0.5) is 0 Å². The van der Waals surface area contributed by atoms with Crippen molar-refractivity contribution in [1.29, 1.82) is 0 Å². The molecule has 88 valence electrons. The molecule has 0 aromatic carbocycles. The minimum atomic E-state index is -2.13. The molecule has 0 rings (SSSR count). The van der Waals surface area contributed by atoms with Crippen molar-refractivity contribution in [1.82, 2.24) is 0 Å². The van der Waals surface area contributed by atoms with Gasteiger partial charge in [0.25, 0.3) is 0 Å².